The van der Waals surface area contributed by atoms with Gasteiger partial charge in [0.25, 0.3) is 0 Å². The van der Waals surface area contributed by atoms with E-state index in [4.69, 9.17) is 17.3 Å². The molecule has 2 rings (SSSR count). The van der Waals surface area contributed by atoms with E-state index in [0.29, 0.717) is 10.8 Å². The lowest BCUT2D eigenvalue weighted by molar-refractivity contribution is 0.865. The van der Waals surface area contributed by atoms with Crippen molar-refractivity contribution >= 4 is 17.4 Å². The summed E-state index contributed by atoms with van der Waals surface area (Å²) in [6.45, 7) is 3.85. The van der Waals surface area contributed by atoms with Crippen molar-refractivity contribution in [1.29, 1.82) is 0 Å². The molecule has 0 saturated carbocycles. The van der Waals surface area contributed by atoms with Crippen LogP contribution in [0.2, 0.25) is 5.02 Å². The topological polar surface area (TPSA) is 43.8 Å². The van der Waals surface area contributed by atoms with Crippen LogP contribution < -0.4 is 5.73 Å². The molecular formula is C11H12ClN3. The van der Waals surface area contributed by atoms with Crippen molar-refractivity contribution < 1.29 is 0 Å². The molecule has 0 aliphatic carbocycles. The molecule has 1 aromatic heterocycles. The van der Waals surface area contributed by atoms with E-state index in [-0.39, 0.29) is 0 Å². The molecule has 0 radical (unpaired) electrons. The molecular weight excluding hydrogens is 210 g/mol. The molecule has 78 valence electrons. The fraction of sp³-hybridized carbons (Fsp3) is 0.182. The molecule has 0 saturated heterocycles. The number of hydrogen-bond donors (Lipinski definition) is 1. The third kappa shape index (κ3) is 1.59. The minimum atomic E-state index is 0.489. The van der Waals surface area contributed by atoms with E-state index in [9.17, 15) is 0 Å². The van der Waals surface area contributed by atoms with E-state index in [1.807, 2.05) is 38.1 Å². The normalized spacial score (nSPS) is 10.6. The van der Waals surface area contributed by atoms with Gasteiger partial charge in [0.15, 0.2) is 0 Å². The second-order valence-electron chi connectivity index (χ2n) is 3.48. The highest BCUT2D eigenvalue weighted by Crippen LogP contribution is 2.26. The zero-order valence-electron chi connectivity index (χ0n) is 8.66. The highest BCUT2D eigenvalue weighted by Gasteiger charge is 2.12. The van der Waals surface area contributed by atoms with E-state index in [1.54, 1.807) is 4.68 Å². The lowest BCUT2D eigenvalue weighted by Gasteiger charge is -2.06. The molecule has 0 amide bonds. The Bertz CT molecular complexity index is 503. The number of benzene rings is 1. The minimum absolute atomic E-state index is 0.489. The Morgan fingerprint density at radius 3 is 2.47 bits per heavy atom. The maximum Gasteiger partial charge on any atom is 0.146 e. The summed E-state index contributed by atoms with van der Waals surface area (Å²) in [4.78, 5) is 0. The van der Waals surface area contributed by atoms with Gasteiger partial charge in [0, 0.05) is 0 Å². The molecule has 0 aliphatic rings. The summed E-state index contributed by atoms with van der Waals surface area (Å²) in [5.41, 5.74) is 8.70. The zero-order chi connectivity index (χ0) is 11.0. The first-order valence-electron chi connectivity index (χ1n) is 4.68. The number of nitrogens with zero attached hydrogens (tertiary/aromatic N) is 2. The molecule has 0 aliphatic heterocycles. The molecule has 0 bridgehead atoms. The minimum Gasteiger partial charge on any atom is -0.382 e. The smallest absolute Gasteiger partial charge is 0.146 e. The first-order chi connectivity index (χ1) is 7.11. The molecule has 2 N–H and O–H groups in total. The molecule has 0 fully saturated rings. The van der Waals surface area contributed by atoms with Gasteiger partial charge in [-0.2, -0.15) is 5.10 Å². The van der Waals surface area contributed by atoms with Crippen molar-refractivity contribution in [3.8, 4) is 5.69 Å². The Morgan fingerprint density at radius 1 is 1.27 bits per heavy atom. The number of halogens is 1. The first kappa shape index (κ1) is 10.1. The van der Waals surface area contributed by atoms with Gasteiger partial charge in [-0.3, -0.25) is 0 Å². The van der Waals surface area contributed by atoms with Crippen LogP contribution in [0.3, 0.4) is 0 Å². The van der Waals surface area contributed by atoms with Gasteiger partial charge >= 0.3 is 0 Å². The van der Waals surface area contributed by atoms with Crippen LogP contribution in [0.25, 0.3) is 5.69 Å². The van der Waals surface area contributed by atoms with Crippen LogP contribution in [0.4, 0.5) is 5.82 Å². The lowest BCUT2D eigenvalue weighted by Crippen LogP contribution is -2.03. The molecule has 0 unspecified atom stereocenters. The largest absolute Gasteiger partial charge is 0.382 e. The second kappa shape index (κ2) is 3.59. The van der Waals surface area contributed by atoms with Crippen LogP contribution in [0.1, 0.15) is 11.3 Å². The van der Waals surface area contributed by atoms with Crippen molar-refractivity contribution in [3.05, 3.63) is 40.5 Å². The Balaban J connectivity index is 2.65. The molecule has 1 aromatic carbocycles. The quantitative estimate of drug-likeness (QED) is 0.805. The van der Waals surface area contributed by atoms with Crippen molar-refractivity contribution in [2.24, 2.45) is 0 Å². The number of aromatic nitrogens is 2. The number of anilines is 1. The average Bonchev–Trinajstić information content (AvgIpc) is 2.47. The summed E-state index contributed by atoms with van der Waals surface area (Å²) in [5, 5.41) is 4.83. The molecule has 0 spiro atoms. The Morgan fingerprint density at radius 2 is 1.93 bits per heavy atom. The maximum atomic E-state index is 5.99. The predicted molar refractivity (Wildman–Crippen MR) is 62.5 cm³/mol. The third-order valence-corrected chi connectivity index (χ3v) is 2.83. The van der Waals surface area contributed by atoms with Crippen LogP contribution >= 0.6 is 11.6 Å². The lowest BCUT2D eigenvalue weighted by atomic mass is 10.2. The Kier molecular flexibility index (Phi) is 2.40. The summed E-state index contributed by atoms with van der Waals surface area (Å²) in [7, 11) is 0. The Hall–Kier alpha value is -1.48. The molecule has 1 heterocycles. The summed E-state index contributed by atoms with van der Waals surface area (Å²) in [5.74, 6) is 0.489. The fourth-order valence-electron chi connectivity index (χ4n) is 1.51. The van der Waals surface area contributed by atoms with Gasteiger partial charge in [0.2, 0.25) is 0 Å². The van der Waals surface area contributed by atoms with E-state index < -0.39 is 0 Å². The molecule has 4 heteroatoms. The third-order valence-electron chi connectivity index (χ3n) is 2.36. The standard InChI is InChI=1S/C11H12ClN3/c1-7-5-3-4-6-9(7)15-11(13)10(12)8(2)14-15/h3-6H,13H2,1-2H3. The van der Waals surface area contributed by atoms with Crippen LogP contribution in [-0.2, 0) is 0 Å². The van der Waals surface area contributed by atoms with Gasteiger partial charge in [0.1, 0.15) is 10.8 Å². The number of para-hydroxylation sites is 1. The van der Waals surface area contributed by atoms with E-state index in [0.717, 1.165) is 16.9 Å². The highest BCUT2D eigenvalue weighted by molar-refractivity contribution is 6.33. The van der Waals surface area contributed by atoms with Crippen molar-refractivity contribution in [2.75, 3.05) is 5.73 Å². The van der Waals surface area contributed by atoms with Crippen molar-refractivity contribution in [3.63, 3.8) is 0 Å². The van der Waals surface area contributed by atoms with Crippen LogP contribution in [0, 0.1) is 13.8 Å². The molecule has 0 atom stereocenters. The van der Waals surface area contributed by atoms with Crippen LogP contribution in [-0.4, -0.2) is 9.78 Å². The van der Waals surface area contributed by atoms with Gasteiger partial charge < -0.3 is 5.73 Å². The molecule has 2 aromatic rings. The number of nitrogen functional groups attached to an aromatic ring is 1. The number of rotatable bonds is 1. The van der Waals surface area contributed by atoms with Gasteiger partial charge in [-0.1, -0.05) is 29.8 Å². The number of hydrogen-bond acceptors (Lipinski definition) is 2. The fourth-order valence-corrected chi connectivity index (χ4v) is 1.63. The second-order valence-corrected chi connectivity index (χ2v) is 3.86. The highest BCUT2D eigenvalue weighted by atomic mass is 35.5. The van der Waals surface area contributed by atoms with E-state index in [2.05, 4.69) is 5.10 Å². The molecule has 3 nitrogen and oxygen atoms in total. The van der Waals surface area contributed by atoms with Crippen LogP contribution in [0.5, 0.6) is 0 Å². The van der Waals surface area contributed by atoms with Gasteiger partial charge in [0.05, 0.1) is 11.4 Å². The predicted octanol–water partition coefficient (Wildman–Crippen LogP) is 2.72. The maximum absolute atomic E-state index is 5.99. The summed E-state index contributed by atoms with van der Waals surface area (Å²) in [6, 6.07) is 7.91. The molecule has 15 heavy (non-hydrogen) atoms. The van der Waals surface area contributed by atoms with Crippen molar-refractivity contribution in [2.45, 2.75) is 13.8 Å². The van der Waals surface area contributed by atoms with Gasteiger partial charge in [-0.15, -0.1) is 0 Å². The summed E-state index contributed by atoms with van der Waals surface area (Å²) >= 11 is 5.99. The SMILES string of the molecule is Cc1ccccc1-n1nc(C)c(Cl)c1N. The monoisotopic (exact) mass is 221 g/mol. The first-order valence-corrected chi connectivity index (χ1v) is 5.05. The number of aryl methyl sites for hydroxylation is 2. The average molecular weight is 222 g/mol. The van der Waals surface area contributed by atoms with E-state index >= 15 is 0 Å². The van der Waals surface area contributed by atoms with Crippen LogP contribution in [0.15, 0.2) is 24.3 Å². The summed E-state index contributed by atoms with van der Waals surface area (Å²) < 4.78 is 1.67. The zero-order valence-corrected chi connectivity index (χ0v) is 9.42. The van der Waals surface area contributed by atoms with Gasteiger partial charge in [-0.05, 0) is 25.5 Å². The van der Waals surface area contributed by atoms with Gasteiger partial charge in [-0.25, -0.2) is 4.68 Å². The number of nitrogens with two attached hydrogens (primary N) is 1. The van der Waals surface area contributed by atoms with Crippen molar-refractivity contribution in [1.82, 2.24) is 9.78 Å². The summed E-state index contributed by atoms with van der Waals surface area (Å²) in [6.07, 6.45) is 0. The Labute approximate surface area is 93.5 Å². The van der Waals surface area contributed by atoms with E-state index in [1.165, 1.54) is 0 Å².